The van der Waals surface area contributed by atoms with Gasteiger partial charge in [0.25, 0.3) is 0 Å². The summed E-state index contributed by atoms with van der Waals surface area (Å²) in [5.41, 5.74) is 0. The Morgan fingerprint density at radius 3 is 2.60 bits per heavy atom. The fourth-order valence-electron chi connectivity index (χ4n) is 0.349. The number of hydrogen-bond donors (Lipinski definition) is 0. The third-order valence-corrected chi connectivity index (χ3v) is 2.36. The molecular formula is C4HILiNO2S. The largest absolute Gasteiger partial charge is 1.00 e. The minimum Gasteiger partial charge on any atom is -0.542 e. The summed E-state index contributed by atoms with van der Waals surface area (Å²) in [7, 11) is 0. The number of carboxylic acid groups (broad SMARTS) is 1. The van der Waals surface area contributed by atoms with E-state index in [9.17, 15) is 9.90 Å². The van der Waals surface area contributed by atoms with Crippen molar-refractivity contribution in [1.29, 1.82) is 0 Å². The maximum atomic E-state index is 10.0. The first-order valence-corrected chi connectivity index (χ1v) is 3.92. The summed E-state index contributed by atoms with van der Waals surface area (Å²) in [6.07, 6.45) is 1.50. The van der Waals surface area contributed by atoms with Gasteiger partial charge in [0.2, 0.25) is 0 Å². The Morgan fingerprint density at radius 2 is 2.40 bits per heavy atom. The molecule has 0 atom stereocenters. The van der Waals surface area contributed by atoms with Crippen molar-refractivity contribution in [2.45, 2.75) is 0 Å². The number of halogens is 1. The molecule has 0 aliphatic heterocycles. The number of carbonyl (C=O) groups is 1. The van der Waals surface area contributed by atoms with E-state index in [0.29, 0.717) is 0 Å². The van der Waals surface area contributed by atoms with Gasteiger partial charge in [-0.1, -0.05) is 0 Å². The zero-order chi connectivity index (χ0) is 6.85. The van der Waals surface area contributed by atoms with E-state index in [2.05, 4.69) is 4.98 Å². The van der Waals surface area contributed by atoms with Gasteiger partial charge in [-0.15, -0.1) is 11.3 Å². The van der Waals surface area contributed by atoms with E-state index in [4.69, 9.17) is 0 Å². The second kappa shape index (κ2) is 4.34. The predicted molar refractivity (Wildman–Crippen MR) is 39.2 cm³/mol. The first-order chi connectivity index (χ1) is 4.20. The molecule has 0 radical (unpaired) electrons. The van der Waals surface area contributed by atoms with Gasteiger partial charge in [0, 0.05) is 0 Å². The molecule has 0 unspecified atom stereocenters. The van der Waals surface area contributed by atoms with Gasteiger partial charge in [-0.05, 0) is 22.6 Å². The van der Waals surface area contributed by atoms with E-state index < -0.39 is 5.97 Å². The molecule has 0 amide bonds. The number of hydrogen-bond acceptors (Lipinski definition) is 4. The summed E-state index contributed by atoms with van der Waals surface area (Å²) in [6.45, 7) is 0. The first kappa shape index (κ1) is 10.4. The Morgan fingerprint density at radius 1 is 1.80 bits per heavy atom. The third kappa shape index (κ3) is 2.58. The SMILES string of the molecule is O=C([O-])c1ncc(I)s1.[Li+]. The zero-order valence-electron chi connectivity index (χ0n) is 5.13. The van der Waals surface area contributed by atoms with Crippen LogP contribution in [0, 0.1) is 2.88 Å². The first-order valence-electron chi connectivity index (χ1n) is 2.03. The van der Waals surface area contributed by atoms with Gasteiger partial charge in [-0.25, -0.2) is 4.98 Å². The van der Waals surface area contributed by atoms with Crippen LogP contribution in [0.1, 0.15) is 9.80 Å². The van der Waals surface area contributed by atoms with Crippen LogP contribution in [0.5, 0.6) is 0 Å². The molecule has 0 saturated carbocycles. The van der Waals surface area contributed by atoms with Gasteiger partial charge in [0.15, 0.2) is 0 Å². The minimum absolute atomic E-state index is 0. The predicted octanol–water partition coefficient (Wildman–Crippen LogP) is -2.88. The molecule has 6 heteroatoms. The smallest absolute Gasteiger partial charge is 0.542 e. The van der Waals surface area contributed by atoms with Crippen LogP contribution in [0.25, 0.3) is 0 Å². The Labute approximate surface area is 87.2 Å². The Bertz CT molecular complexity index is 239. The van der Waals surface area contributed by atoms with E-state index >= 15 is 0 Å². The van der Waals surface area contributed by atoms with Crippen LogP contribution in [0.4, 0.5) is 0 Å². The number of nitrogens with zero attached hydrogens (tertiary/aromatic N) is 1. The van der Waals surface area contributed by atoms with Crippen LogP contribution in [-0.2, 0) is 0 Å². The molecule has 0 aliphatic carbocycles. The topological polar surface area (TPSA) is 53.0 Å². The van der Waals surface area contributed by atoms with Gasteiger partial charge in [-0.2, -0.15) is 0 Å². The number of thiazole rings is 1. The molecule has 1 heterocycles. The molecule has 0 spiro atoms. The van der Waals surface area contributed by atoms with Crippen LogP contribution >= 0.6 is 33.9 Å². The van der Waals surface area contributed by atoms with Crippen LogP contribution in [-0.4, -0.2) is 11.0 Å². The molecule has 1 rings (SSSR count). The summed E-state index contributed by atoms with van der Waals surface area (Å²) < 4.78 is 0.854. The van der Waals surface area contributed by atoms with Crippen molar-refractivity contribution in [3.05, 3.63) is 14.1 Å². The summed E-state index contributed by atoms with van der Waals surface area (Å²) in [5.74, 6) is -1.21. The van der Waals surface area contributed by atoms with Crippen molar-refractivity contribution in [2.24, 2.45) is 0 Å². The van der Waals surface area contributed by atoms with Crippen LogP contribution in [0.15, 0.2) is 6.20 Å². The van der Waals surface area contributed by atoms with E-state index in [-0.39, 0.29) is 23.9 Å². The van der Waals surface area contributed by atoms with Crippen molar-refractivity contribution < 1.29 is 28.8 Å². The molecule has 48 valence electrons. The number of aromatic carboxylic acids is 1. The Balaban J connectivity index is 0.000000810. The number of aromatic nitrogens is 1. The maximum Gasteiger partial charge on any atom is 1.00 e. The van der Waals surface area contributed by atoms with Crippen molar-refractivity contribution in [3.8, 4) is 0 Å². The summed E-state index contributed by atoms with van der Waals surface area (Å²) in [6, 6.07) is 0. The summed E-state index contributed by atoms with van der Waals surface area (Å²) in [5, 5.41) is 10.1. The summed E-state index contributed by atoms with van der Waals surface area (Å²) in [4.78, 5) is 13.6. The average molecular weight is 261 g/mol. The van der Waals surface area contributed by atoms with Crippen molar-refractivity contribution >= 4 is 39.9 Å². The quantitative estimate of drug-likeness (QED) is 0.403. The van der Waals surface area contributed by atoms with Crippen LogP contribution < -0.4 is 24.0 Å². The van der Waals surface area contributed by atoms with Gasteiger partial charge < -0.3 is 9.90 Å². The second-order valence-electron chi connectivity index (χ2n) is 1.26. The van der Waals surface area contributed by atoms with Crippen molar-refractivity contribution in [1.82, 2.24) is 4.98 Å². The third-order valence-electron chi connectivity index (χ3n) is 0.652. The molecule has 0 fully saturated rings. The standard InChI is InChI=1S/C4H2INO2S.Li/c5-2-1-6-3(9-2)4(7)8;/h1H,(H,7,8);/q;+1/p-1. The van der Waals surface area contributed by atoms with Crippen molar-refractivity contribution in [3.63, 3.8) is 0 Å². The van der Waals surface area contributed by atoms with Gasteiger partial charge in [0.1, 0.15) is 11.0 Å². The molecule has 0 N–H and O–H groups in total. The normalized spacial score (nSPS) is 8.50. The van der Waals surface area contributed by atoms with E-state index in [0.717, 1.165) is 14.2 Å². The van der Waals surface area contributed by atoms with E-state index in [1.165, 1.54) is 6.20 Å². The molecule has 10 heavy (non-hydrogen) atoms. The number of rotatable bonds is 1. The molecule has 0 aliphatic rings. The van der Waals surface area contributed by atoms with Crippen LogP contribution in [0.3, 0.4) is 0 Å². The fraction of sp³-hybridized carbons (Fsp3) is 0. The van der Waals surface area contributed by atoms with E-state index in [1.54, 1.807) is 0 Å². The van der Waals surface area contributed by atoms with E-state index in [1.807, 2.05) is 22.6 Å². The minimum atomic E-state index is -1.21. The maximum absolute atomic E-state index is 10.0. The molecule has 1 aromatic rings. The Hall–Kier alpha value is 0.427. The van der Waals surface area contributed by atoms with Gasteiger partial charge in [0.05, 0.1) is 9.08 Å². The second-order valence-corrected chi connectivity index (χ2v) is 4.18. The van der Waals surface area contributed by atoms with Crippen LogP contribution in [0.2, 0.25) is 0 Å². The average Bonchev–Trinajstić information content (AvgIpc) is 2.14. The molecule has 3 nitrogen and oxygen atoms in total. The summed E-state index contributed by atoms with van der Waals surface area (Å²) >= 11 is 3.11. The van der Waals surface area contributed by atoms with Gasteiger partial charge in [-0.3, -0.25) is 0 Å². The molecule has 1 aromatic heterocycles. The molecular weight excluding hydrogens is 260 g/mol. The Kier molecular flexibility index (Phi) is 4.52. The number of carbonyl (C=O) groups excluding carboxylic acids is 1. The van der Waals surface area contributed by atoms with Crippen molar-refractivity contribution in [2.75, 3.05) is 0 Å². The fourth-order valence-corrected chi connectivity index (χ4v) is 1.59. The zero-order valence-corrected chi connectivity index (χ0v) is 8.10. The molecule has 0 aromatic carbocycles. The molecule has 0 bridgehead atoms. The van der Waals surface area contributed by atoms with Gasteiger partial charge >= 0.3 is 18.9 Å². The number of carboxylic acids is 1. The molecule has 0 saturated heterocycles. The monoisotopic (exact) mass is 261 g/mol.